The van der Waals surface area contributed by atoms with Gasteiger partial charge in [-0.15, -0.1) is 0 Å². The minimum atomic E-state index is -0.776. The molecule has 2 aromatic rings. The number of aromatic nitrogens is 2. The van der Waals surface area contributed by atoms with E-state index in [1.807, 2.05) is 0 Å². The summed E-state index contributed by atoms with van der Waals surface area (Å²) in [6, 6.07) is 7.09. The van der Waals surface area contributed by atoms with Crippen LogP contribution < -0.4 is 5.73 Å². The molecule has 0 spiro atoms. The van der Waals surface area contributed by atoms with Crippen LogP contribution in [-0.2, 0) is 0 Å². The normalized spacial score (nSPS) is 12.3. The summed E-state index contributed by atoms with van der Waals surface area (Å²) in [6.45, 7) is 0. The number of aliphatic hydroxyl groups excluding tert-OH is 1. The summed E-state index contributed by atoms with van der Waals surface area (Å²) < 4.78 is 0. The zero-order chi connectivity index (χ0) is 10.7. The Kier molecular flexibility index (Phi) is 2.60. The number of nitrogen functional groups attached to an aromatic ring is 1. The smallest absolute Gasteiger partial charge is 0.123 e. The van der Waals surface area contributed by atoms with E-state index < -0.39 is 6.10 Å². The SMILES string of the molecule is Nc1cccc(C(O)c2cnccn2)c1. The Bertz CT molecular complexity index is 445. The molecule has 2 rings (SSSR count). The zero-order valence-electron chi connectivity index (χ0n) is 8.04. The fraction of sp³-hybridized carbons (Fsp3) is 0.0909. The summed E-state index contributed by atoms with van der Waals surface area (Å²) >= 11 is 0. The van der Waals surface area contributed by atoms with Gasteiger partial charge in [-0.3, -0.25) is 9.97 Å². The van der Waals surface area contributed by atoms with Crippen molar-refractivity contribution in [1.29, 1.82) is 0 Å². The van der Waals surface area contributed by atoms with Gasteiger partial charge in [0.2, 0.25) is 0 Å². The number of aliphatic hydroxyl groups is 1. The van der Waals surface area contributed by atoms with Gasteiger partial charge in [-0.25, -0.2) is 0 Å². The van der Waals surface area contributed by atoms with Gasteiger partial charge in [-0.2, -0.15) is 0 Å². The van der Waals surface area contributed by atoms with Crippen molar-refractivity contribution in [2.75, 3.05) is 5.73 Å². The molecule has 1 unspecified atom stereocenters. The number of hydrogen-bond donors (Lipinski definition) is 2. The summed E-state index contributed by atoms with van der Waals surface area (Å²) in [6.07, 6.45) is 3.87. The van der Waals surface area contributed by atoms with Crippen molar-refractivity contribution in [1.82, 2.24) is 9.97 Å². The summed E-state index contributed by atoms with van der Waals surface area (Å²) in [5, 5.41) is 9.96. The van der Waals surface area contributed by atoms with Gasteiger partial charge in [0.15, 0.2) is 0 Å². The quantitative estimate of drug-likeness (QED) is 0.715. The molecule has 0 aliphatic carbocycles. The van der Waals surface area contributed by atoms with Crippen LogP contribution in [0.15, 0.2) is 42.9 Å². The Hall–Kier alpha value is -1.94. The van der Waals surface area contributed by atoms with Gasteiger partial charge in [0.25, 0.3) is 0 Å². The van der Waals surface area contributed by atoms with Crippen LogP contribution in [0.2, 0.25) is 0 Å². The fourth-order valence-corrected chi connectivity index (χ4v) is 1.35. The minimum absolute atomic E-state index is 0.517. The number of nitrogens with zero attached hydrogens (tertiary/aromatic N) is 2. The lowest BCUT2D eigenvalue weighted by molar-refractivity contribution is 0.215. The molecule has 0 saturated carbocycles. The molecular weight excluding hydrogens is 190 g/mol. The zero-order valence-corrected chi connectivity index (χ0v) is 8.04. The Balaban J connectivity index is 2.32. The van der Waals surface area contributed by atoms with Crippen LogP contribution in [-0.4, -0.2) is 15.1 Å². The predicted octanol–water partition coefficient (Wildman–Crippen LogP) is 1.14. The van der Waals surface area contributed by atoms with E-state index in [1.54, 1.807) is 36.7 Å². The van der Waals surface area contributed by atoms with Crippen molar-refractivity contribution in [2.24, 2.45) is 0 Å². The highest BCUT2D eigenvalue weighted by Gasteiger charge is 2.11. The second kappa shape index (κ2) is 4.06. The van der Waals surface area contributed by atoms with E-state index in [-0.39, 0.29) is 0 Å². The average molecular weight is 201 g/mol. The number of nitrogens with two attached hydrogens (primary N) is 1. The van der Waals surface area contributed by atoms with E-state index in [0.717, 1.165) is 5.56 Å². The lowest BCUT2D eigenvalue weighted by Gasteiger charge is -2.09. The molecule has 4 nitrogen and oxygen atoms in total. The van der Waals surface area contributed by atoms with Crippen LogP contribution in [0.25, 0.3) is 0 Å². The van der Waals surface area contributed by atoms with Crippen molar-refractivity contribution in [2.45, 2.75) is 6.10 Å². The summed E-state index contributed by atoms with van der Waals surface area (Å²) in [7, 11) is 0. The third-order valence-electron chi connectivity index (χ3n) is 2.09. The van der Waals surface area contributed by atoms with E-state index in [9.17, 15) is 5.11 Å². The molecule has 76 valence electrons. The molecule has 15 heavy (non-hydrogen) atoms. The third kappa shape index (κ3) is 2.11. The monoisotopic (exact) mass is 201 g/mol. The van der Waals surface area contributed by atoms with Crippen molar-refractivity contribution >= 4 is 5.69 Å². The maximum Gasteiger partial charge on any atom is 0.123 e. The van der Waals surface area contributed by atoms with Crippen molar-refractivity contribution < 1.29 is 5.11 Å². The maximum atomic E-state index is 9.96. The van der Waals surface area contributed by atoms with Gasteiger partial charge in [0, 0.05) is 18.1 Å². The molecular formula is C11H11N3O. The maximum absolute atomic E-state index is 9.96. The standard InChI is InChI=1S/C11H11N3O/c12-9-3-1-2-8(6-9)11(15)10-7-13-4-5-14-10/h1-7,11,15H,12H2. The van der Waals surface area contributed by atoms with Gasteiger partial charge in [-0.1, -0.05) is 12.1 Å². The fourth-order valence-electron chi connectivity index (χ4n) is 1.35. The van der Waals surface area contributed by atoms with E-state index in [2.05, 4.69) is 9.97 Å². The van der Waals surface area contributed by atoms with Crippen LogP contribution in [0.1, 0.15) is 17.4 Å². The largest absolute Gasteiger partial charge is 0.399 e. The second-order valence-corrected chi connectivity index (χ2v) is 3.20. The Labute approximate surface area is 87.4 Å². The van der Waals surface area contributed by atoms with Crippen LogP contribution in [0.5, 0.6) is 0 Å². The molecule has 1 aromatic carbocycles. The minimum Gasteiger partial charge on any atom is -0.399 e. The first kappa shape index (κ1) is 9.61. The molecule has 4 heteroatoms. The lowest BCUT2D eigenvalue weighted by Crippen LogP contribution is -2.03. The van der Waals surface area contributed by atoms with Gasteiger partial charge in [0.1, 0.15) is 6.10 Å². The van der Waals surface area contributed by atoms with Crippen molar-refractivity contribution in [3.63, 3.8) is 0 Å². The van der Waals surface area contributed by atoms with E-state index in [0.29, 0.717) is 11.4 Å². The Morgan fingerprint density at radius 2 is 2.13 bits per heavy atom. The van der Waals surface area contributed by atoms with Crippen LogP contribution in [0.4, 0.5) is 5.69 Å². The number of anilines is 1. The molecule has 0 aliphatic rings. The van der Waals surface area contributed by atoms with Gasteiger partial charge >= 0.3 is 0 Å². The summed E-state index contributed by atoms with van der Waals surface area (Å²) in [4.78, 5) is 7.93. The van der Waals surface area contributed by atoms with Gasteiger partial charge in [-0.05, 0) is 17.7 Å². The Morgan fingerprint density at radius 3 is 2.80 bits per heavy atom. The molecule has 0 aliphatic heterocycles. The predicted molar refractivity (Wildman–Crippen MR) is 56.9 cm³/mol. The van der Waals surface area contributed by atoms with E-state index in [4.69, 9.17) is 5.73 Å². The molecule has 1 atom stereocenters. The molecule has 0 amide bonds. The Morgan fingerprint density at radius 1 is 1.27 bits per heavy atom. The molecule has 0 fully saturated rings. The summed E-state index contributed by atoms with van der Waals surface area (Å²) in [5.41, 5.74) is 7.48. The highest BCUT2D eigenvalue weighted by Crippen LogP contribution is 2.20. The highest BCUT2D eigenvalue weighted by atomic mass is 16.3. The van der Waals surface area contributed by atoms with Crippen molar-refractivity contribution in [3.05, 3.63) is 54.1 Å². The molecule has 1 heterocycles. The molecule has 1 aromatic heterocycles. The van der Waals surface area contributed by atoms with E-state index in [1.165, 1.54) is 6.20 Å². The van der Waals surface area contributed by atoms with Crippen molar-refractivity contribution in [3.8, 4) is 0 Å². The van der Waals surface area contributed by atoms with Gasteiger partial charge in [0.05, 0.1) is 11.9 Å². The lowest BCUT2D eigenvalue weighted by atomic mass is 10.1. The van der Waals surface area contributed by atoms with Gasteiger partial charge < -0.3 is 10.8 Å². The van der Waals surface area contributed by atoms with Crippen LogP contribution in [0.3, 0.4) is 0 Å². The molecule has 0 saturated heterocycles. The second-order valence-electron chi connectivity index (χ2n) is 3.20. The average Bonchev–Trinajstić information content (AvgIpc) is 2.29. The van der Waals surface area contributed by atoms with Crippen LogP contribution >= 0.6 is 0 Å². The number of hydrogen-bond acceptors (Lipinski definition) is 4. The topological polar surface area (TPSA) is 72.0 Å². The first-order valence-corrected chi connectivity index (χ1v) is 4.57. The highest BCUT2D eigenvalue weighted by molar-refractivity contribution is 5.42. The molecule has 0 bridgehead atoms. The first-order valence-electron chi connectivity index (χ1n) is 4.57. The molecule has 3 N–H and O–H groups in total. The number of rotatable bonds is 2. The number of benzene rings is 1. The van der Waals surface area contributed by atoms with Crippen LogP contribution in [0, 0.1) is 0 Å². The first-order chi connectivity index (χ1) is 7.27. The van der Waals surface area contributed by atoms with E-state index >= 15 is 0 Å². The summed E-state index contributed by atoms with van der Waals surface area (Å²) in [5.74, 6) is 0. The third-order valence-corrected chi connectivity index (χ3v) is 2.09. The molecule has 0 radical (unpaired) electrons.